The Kier molecular flexibility index (Phi) is 4.56. The van der Waals surface area contributed by atoms with Crippen molar-refractivity contribution in [1.82, 2.24) is 4.90 Å². The first-order valence-electron chi connectivity index (χ1n) is 4.78. The van der Waals surface area contributed by atoms with Crippen LogP contribution in [-0.4, -0.2) is 27.8 Å². The van der Waals surface area contributed by atoms with E-state index in [1.807, 2.05) is 41.5 Å². The summed E-state index contributed by atoms with van der Waals surface area (Å²) in [5.74, 6) is -1.24. The molecule has 0 radical (unpaired) electrons. The molecule has 0 fully saturated rings. The van der Waals surface area contributed by atoms with Gasteiger partial charge in [-0.15, -0.1) is 0 Å². The van der Waals surface area contributed by atoms with E-state index in [2.05, 4.69) is 3.42 Å². The predicted octanol–water partition coefficient (Wildman–Crippen LogP) is 1.67. The van der Waals surface area contributed by atoms with Crippen molar-refractivity contribution in [2.45, 2.75) is 52.6 Å². The van der Waals surface area contributed by atoms with Gasteiger partial charge >= 0.3 is 103 Å². The van der Waals surface area contributed by atoms with Gasteiger partial charge in [-0.2, -0.15) is 0 Å². The quantitative estimate of drug-likeness (QED) is 0.482. The van der Waals surface area contributed by atoms with Gasteiger partial charge in [0.05, 0.1) is 0 Å². The molecule has 0 saturated heterocycles. The summed E-state index contributed by atoms with van der Waals surface area (Å²) in [6.07, 6.45) is 0. The number of hydrogen-bond donors (Lipinski definition) is 0. The molecular weight excluding hydrogens is 228 g/mol. The van der Waals surface area contributed by atoms with Crippen molar-refractivity contribution in [1.29, 1.82) is 0 Å². The minimum absolute atomic E-state index is 0.393. The van der Waals surface area contributed by atoms with Gasteiger partial charge < -0.3 is 0 Å². The molecule has 0 aromatic heterocycles. The molecule has 0 aliphatic heterocycles. The molecule has 15 heavy (non-hydrogen) atoms. The summed E-state index contributed by atoms with van der Waals surface area (Å²) in [5.41, 5.74) is -0.786. The fourth-order valence-electron chi connectivity index (χ4n) is 1.76. The van der Waals surface area contributed by atoms with Gasteiger partial charge in [0.1, 0.15) is 0 Å². The van der Waals surface area contributed by atoms with Crippen molar-refractivity contribution in [3.05, 3.63) is 0 Å². The van der Waals surface area contributed by atoms with E-state index in [4.69, 9.17) is 0 Å². The molecule has 2 amide bonds. The molecule has 0 unspecified atom stereocenters. The van der Waals surface area contributed by atoms with Crippen LogP contribution in [0.3, 0.4) is 0 Å². The number of carbonyl (C=O) groups excluding carboxylic acids is 2. The van der Waals surface area contributed by atoms with Gasteiger partial charge in [-0.25, -0.2) is 0 Å². The van der Waals surface area contributed by atoms with Crippen molar-refractivity contribution in [2.24, 2.45) is 3.42 Å². The molecule has 5 heteroatoms. The van der Waals surface area contributed by atoms with Gasteiger partial charge in [-0.1, -0.05) is 0 Å². The van der Waals surface area contributed by atoms with Crippen molar-refractivity contribution in [3.63, 3.8) is 0 Å². The Morgan fingerprint density at radius 1 is 1.00 bits per heavy atom. The third kappa shape index (κ3) is 3.96. The molecule has 4 nitrogen and oxygen atoms in total. The molecule has 0 aliphatic carbocycles. The molecule has 0 aliphatic rings. The zero-order chi connectivity index (χ0) is 12.4. The fraction of sp³-hybridized carbons (Fsp3) is 0.800. The van der Waals surface area contributed by atoms with Gasteiger partial charge in [0.25, 0.3) is 0 Å². The first-order chi connectivity index (χ1) is 6.51. The number of rotatable bonds is 0. The van der Waals surface area contributed by atoms with Crippen LogP contribution >= 0.6 is 0 Å². The summed E-state index contributed by atoms with van der Waals surface area (Å²) in [6.45, 7) is 11.4. The Morgan fingerprint density at radius 3 is 1.53 bits per heavy atom. The van der Waals surface area contributed by atoms with E-state index < -0.39 is 22.9 Å². The average molecular weight is 246 g/mol. The minimum atomic E-state index is -0.695. The normalized spacial score (nSPS) is 12.1. The van der Waals surface area contributed by atoms with Gasteiger partial charge in [0.15, 0.2) is 0 Å². The maximum absolute atomic E-state index is 11.9. The maximum atomic E-state index is 11.9. The Morgan fingerprint density at radius 2 is 1.33 bits per heavy atom. The van der Waals surface area contributed by atoms with E-state index in [9.17, 15) is 9.59 Å². The van der Waals surface area contributed by atoms with Crippen LogP contribution in [0.15, 0.2) is 3.42 Å². The van der Waals surface area contributed by atoms with Crippen molar-refractivity contribution >= 4 is 11.8 Å². The van der Waals surface area contributed by atoms with Crippen LogP contribution in [0.1, 0.15) is 41.5 Å². The molecule has 0 aromatic carbocycles. The molecule has 84 valence electrons. The number of carbonyl (C=O) groups is 2. The van der Waals surface area contributed by atoms with E-state index in [0.717, 1.165) is 0 Å². The molecule has 0 N–H and O–H groups in total. The first kappa shape index (κ1) is 14.7. The molecule has 0 aromatic rings. The fourth-order valence-corrected chi connectivity index (χ4v) is 1.91. The molecule has 0 saturated carbocycles. The Bertz CT molecular complexity index is 273. The Labute approximate surface area is 103 Å². The number of amides is 2. The zero-order valence-electron chi connectivity index (χ0n) is 10.2. The summed E-state index contributed by atoms with van der Waals surface area (Å²) in [7, 11) is 0. The average Bonchev–Trinajstić information content (AvgIpc) is 1.97. The van der Waals surface area contributed by atoms with E-state index in [-0.39, 0.29) is 0 Å². The van der Waals surface area contributed by atoms with Gasteiger partial charge in [-0.3, -0.25) is 0 Å². The van der Waals surface area contributed by atoms with Crippen LogP contribution in [0, 0.1) is 0 Å². The zero-order valence-corrected chi connectivity index (χ0v) is 11.8. The van der Waals surface area contributed by atoms with E-state index in [0.29, 0.717) is 0 Å². The third-order valence-electron chi connectivity index (χ3n) is 1.83. The van der Waals surface area contributed by atoms with E-state index in [1.54, 1.807) is 4.90 Å². The monoisotopic (exact) mass is 246 g/mol. The van der Waals surface area contributed by atoms with Crippen molar-refractivity contribution in [2.75, 3.05) is 0 Å². The second-order valence-electron chi connectivity index (χ2n) is 5.40. The summed E-state index contributed by atoms with van der Waals surface area (Å²) in [4.78, 5) is 24.7. The number of hydrogen-bond acceptors (Lipinski definition) is 2. The third-order valence-corrected chi connectivity index (χ3v) is 2.15. The molecule has 0 atom stereocenters. The summed E-state index contributed by atoms with van der Waals surface area (Å²) >= 11 is 1.34. The molecule has 0 spiro atoms. The van der Waals surface area contributed by atoms with Crippen LogP contribution in [-0.2, 0) is 29.8 Å². The van der Waals surface area contributed by atoms with Gasteiger partial charge in [-0.05, 0) is 0 Å². The van der Waals surface area contributed by atoms with E-state index >= 15 is 0 Å². The number of nitrogens with zero attached hydrogens (tertiary/aromatic N) is 2. The SMILES string of the molecule is CC(C)(C)N(C(=O)C(=O)[N]=[Ti])C(C)(C)C. The van der Waals surface area contributed by atoms with Crippen LogP contribution < -0.4 is 0 Å². The molecule has 0 rings (SSSR count). The van der Waals surface area contributed by atoms with Crippen LogP contribution in [0.25, 0.3) is 0 Å². The van der Waals surface area contributed by atoms with Gasteiger partial charge in [0, 0.05) is 0 Å². The van der Waals surface area contributed by atoms with Crippen molar-refractivity contribution in [3.8, 4) is 0 Å². The Hall–Kier alpha value is -0.346. The second-order valence-corrected chi connectivity index (χ2v) is 5.75. The Balaban J connectivity index is 5.24. The molecular formula is C10H18N2O2Ti. The molecule has 0 bridgehead atoms. The summed E-state index contributed by atoms with van der Waals surface area (Å²) in [6, 6.07) is 0. The van der Waals surface area contributed by atoms with Crippen LogP contribution in [0.5, 0.6) is 0 Å². The molecule has 0 heterocycles. The topological polar surface area (TPSA) is 49.7 Å². The second kappa shape index (κ2) is 4.66. The van der Waals surface area contributed by atoms with E-state index in [1.165, 1.54) is 20.3 Å². The summed E-state index contributed by atoms with van der Waals surface area (Å²) < 4.78 is 3.41. The standard InChI is InChI=1S/C10H18N2O2.Ti/c1-9(2,3)12(10(4,5)6)8(14)7(11)13;/h1-6H3;. The predicted molar refractivity (Wildman–Crippen MR) is 53.8 cm³/mol. The van der Waals surface area contributed by atoms with Crippen LogP contribution in [0.2, 0.25) is 0 Å². The summed E-state index contributed by atoms with van der Waals surface area (Å²) in [5, 5.41) is 0. The van der Waals surface area contributed by atoms with Gasteiger partial charge in [0.2, 0.25) is 0 Å². The van der Waals surface area contributed by atoms with Crippen LogP contribution in [0.4, 0.5) is 0 Å². The first-order valence-corrected chi connectivity index (χ1v) is 5.47. The van der Waals surface area contributed by atoms with Crippen molar-refractivity contribution < 1.29 is 29.8 Å².